The first-order chi connectivity index (χ1) is 9.38. The summed E-state index contributed by atoms with van der Waals surface area (Å²) < 4.78 is 14.2. The van der Waals surface area contributed by atoms with Crippen molar-refractivity contribution in [1.29, 1.82) is 0 Å². The monoisotopic (exact) mass is 346 g/mol. The van der Waals surface area contributed by atoms with Crippen molar-refractivity contribution in [1.82, 2.24) is 10.6 Å². The number of aliphatic hydroxyl groups excluding tert-OH is 1. The highest BCUT2D eigenvalue weighted by Crippen LogP contribution is 2.15. The maximum absolute atomic E-state index is 13.4. The molecule has 20 heavy (non-hydrogen) atoms. The topological polar surface area (TPSA) is 61.4 Å². The van der Waals surface area contributed by atoms with Gasteiger partial charge in [-0.25, -0.2) is 9.18 Å². The van der Waals surface area contributed by atoms with E-state index >= 15 is 0 Å². The summed E-state index contributed by atoms with van der Waals surface area (Å²) in [7, 11) is 0. The molecule has 6 heteroatoms. The second kappa shape index (κ2) is 8.21. The number of hydrogen-bond donors (Lipinski definition) is 3. The van der Waals surface area contributed by atoms with Gasteiger partial charge in [0, 0.05) is 23.1 Å². The minimum Gasteiger partial charge on any atom is -0.391 e. The van der Waals surface area contributed by atoms with Gasteiger partial charge in [0.05, 0.1) is 6.10 Å². The molecule has 0 bridgehead atoms. The minimum atomic E-state index is -0.566. The smallest absolute Gasteiger partial charge is 0.315 e. The van der Waals surface area contributed by atoms with Crippen LogP contribution in [0.25, 0.3) is 0 Å². The standard InChI is InChI=1S/C14H20BrFN2O2/c1-9(2)5-12(19)8-18-14(20)17-7-10-6-11(15)3-4-13(10)16/h3-4,6,9,12,19H,5,7-8H2,1-2H3,(H2,17,18,20). The number of halogens is 2. The number of carbonyl (C=O) groups excluding carboxylic acids is 1. The lowest BCUT2D eigenvalue weighted by Crippen LogP contribution is -2.39. The number of nitrogens with one attached hydrogen (secondary N) is 2. The van der Waals surface area contributed by atoms with Gasteiger partial charge in [0.15, 0.2) is 0 Å². The van der Waals surface area contributed by atoms with Crippen LogP contribution in [0.1, 0.15) is 25.8 Å². The highest BCUT2D eigenvalue weighted by Gasteiger charge is 2.09. The summed E-state index contributed by atoms with van der Waals surface area (Å²) in [5, 5.41) is 14.7. The molecule has 0 spiro atoms. The Morgan fingerprint density at radius 2 is 2.10 bits per heavy atom. The number of hydrogen-bond acceptors (Lipinski definition) is 2. The van der Waals surface area contributed by atoms with Crippen LogP contribution in [0, 0.1) is 11.7 Å². The Labute approximate surface area is 126 Å². The van der Waals surface area contributed by atoms with Crippen molar-refractivity contribution < 1.29 is 14.3 Å². The summed E-state index contributed by atoms with van der Waals surface area (Å²) in [4.78, 5) is 11.5. The van der Waals surface area contributed by atoms with Crippen molar-refractivity contribution in [3.8, 4) is 0 Å². The summed E-state index contributed by atoms with van der Waals surface area (Å²) >= 11 is 3.25. The Balaban J connectivity index is 2.34. The molecular formula is C14H20BrFN2O2. The normalized spacial score (nSPS) is 12.3. The van der Waals surface area contributed by atoms with Crippen molar-refractivity contribution in [2.24, 2.45) is 5.92 Å². The fourth-order valence-corrected chi connectivity index (χ4v) is 2.16. The number of aliphatic hydroxyl groups is 1. The van der Waals surface area contributed by atoms with Crippen LogP contribution in [0.5, 0.6) is 0 Å². The van der Waals surface area contributed by atoms with Crippen LogP contribution in [-0.4, -0.2) is 23.8 Å². The number of amides is 2. The van der Waals surface area contributed by atoms with Crippen LogP contribution in [-0.2, 0) is 6.54 Å². The zero-order valence-corrected chi connectivity index (χ0v) is 13.2. The van der Waals surface area contributed by atoms with Gasteiger partial charge < -0.3 is 15.7 Å². The molecule has 3 N–H and O–H groups in total. The van der Waals surface area contributed by atoms with Crippen LogP contribution >= 0.6 is 15.9 Å². The SMILES string of the molecule is CC(C)CC(O)CNC(=O)NCc1cc(Br)ccc1F. The third-order valence-electron chi connectivity index (χ3n) is 2.69. The second-order valence-electron chi connectivity index (χ2n) is 5.08. The minimum absolute atomic E-state index is 0.0946. The van der Waals surface area contributed by atoms with Crippen molar-refractivity contribution >= 4 is 22.0 Å². The molecule has 1 aromatic carbocycles. The van der Waals surface area contributed by atoms with Gasteiger partial charge in [-0.2, -0.15) is 0 Å². The van der Waals surface area contributed by atoms with Crippen LogP contribution in [0.3, 0.4) is 0 Å². The largest absolute Gasteiger partial charge is 0.391 e. The van der Waals surface area contributed by atoms with Gasteiger partial charge >= 0.3 is 6.03 Å². The number of carbonyl (C=O) groups is 1. The van der Waals surface area contributed by atoms with Crippen LogP contribution in [0.4, 0.5) is 9.18 Å². The van der Waals surface area contributed by atoms with Crippen LogP contribution in [0.15, 0.2) is 22.7 Å². The summed E-state index contributed by atoms with van der Waals surface area (Å²) in [6.45, 7) is 4.28. The van der Waals surface area contributed by atoms with E-state index in [0.29, 0.717) is 17.9 Å². The van der Waals surface area contributed by atoms with Gasteiger partial charge in [0.1, 0.15) is 5.82 Å². The van der Waals surface area contributed by atoms with E-state index in [1.54, 1.807) is 12.1 Å². The molecule has 0 aliphatic rings. The first kappa shape index (κ1) is 16.9. The van der Waals surface area contributed by atoms with Gasteiger partial charge in [0.2, 0.25) is 0 Å². The Kier molecular flexibility index (Phi) is 6.95. The molecule has 0 fully saturated rings. The summed E-state index contributed by atoms with van der Waals surface area (Å²) in [5.41, 5.74) is 0.400. The molecule has 0 saturated heterocycles. The summed E-state index contributed by atoms with van der Waals surface area (Å²) in [5.74, 6) is -0.000955. The Morgan fingerprint density at radius 3 is 2.75 bits per heavy atom. The van der Waals surface area contributed by atoms with E-state index in [1.165, 1.54) is 6.07 Å². The van der Waals surface area contributed by atoms with Crippen molar-refractivity contribution in [2.45, 2.75) is 32.9 Å². The molecule has 2 amide bonds. The Hall–Kier alpha value is -1.14. The molecule has 0 saturated carbocycles. The number of rotatable bonds is 6. The van der Waals surface area contributed by atoms with E-state index in [1.807, 2.05) is 13.8 Å². The van der Waals surface area contributed by atoms with Crippen molar-refractivity contribution in [3.05, 3.63) is 34.1 Å². The maximum atomic E-state index is 13.4. The summed E-state index contributed by atoms with van der Waals surface area (Å²) in [6, 6.07) is 4.13. The van der Waals surface area contributed by atoms with Gasteiger partial charge in [-0.05, 0) is 30.5 Å². The first-order valence-corrected chi connectivity index (χ1v) is 7.31. The number of benzene rings is 1. The predicted molar refractivity (Wildman–Crippen MR) is 79.8 cm³/mol. The van der Waals surface area contributed by atoms with E-state index in [-0.39, 0.29) is 18.9 Å². The fraction of sp³-hybridized carbons (Fsp3) is 0.500. The average Bonchev–Trinajstić information content (AvgIpc) is 2.36. The lowest BCUT2D eigenvalue weighted by Gasteiger charge is -2.14. The van der Waals surface area contributed by atoms with E-state index in [9.17, 15) is 14.3 Å². The van der Waals surface area contributed by atoms with Crippen LogP contribution < -0.4 is 10.6 Å². The van der Waals surface area contributed by atoms with E-state index in [2.05, 4.69) is 26.6 Å². The second-order valence-corrected chi connectivity index (χ2v) is 6.00. The Bertz CT molecular complexity index is 455. The van der Waals surface area contributed by atoms with E-state index in [0.717, 1.165) is 4.47 Å². The zero-order valence-electron chi connectivity index (χ0n) is 11.6. The van der Waals surface area contributed by atoms with Gasteiger partial charge in [-0.3, -0.25) is 0 Å². The molecule has 0 radical (unpaired) electrons. The van der Waals surface area contributed by atoms with Crippen LogP contribution in [0.2, 0.25) is 0 Å². The fourth-order valence-electron chi connectivity index (χ4n) is 1.75. The maximum Gasteiger partial charge on any atom is 0.315 e. The summed E-state index contributed by atoms with van der Waals surface area (Å²) in [6.07, 6.45) is 0.0592. The van der Waals surface area contributed by atoms with Gasteiger partial charge in [0.25, 0.3) is 0 Å². The van der Waals surface area contributed by atoms with Crippen molar-refractivity contribution in [3.63, 3.8) is 0 Å². The lowest BCUT2D eigenvalue weighted by atomic mass is 10.1. The molecule has 0 aliphatic carbocycles. The quantitative estimate of drug-likeness (QED) is 0.741. The predicted octanol–water partition coefficient (Wildman–Crippen LogP) is 2.79. The molecular weight excluding hydrogens is 327 g/mol. The van der Waals surface area contributed by atoms with E-state index < -0.39 is 12.1 Å². The molecule has 1 unspecified atom stereocenters. The average molecular weight is 347 g/mol. The first-order valence-electron chi connectivity index (χ1n) is 6.52. The Morgan fingerprint density at radius 1 is 1.40 bits per heavy atom. The molecule has 4 nitrogen and oxygen atoms in total. The molecule has 0 heterocycles. The molecule has 112 valence electrons. The molecule has 1 aromatic rings. The molecule has 1 atom stereocenters. The zero-order chi connectivity index (χ0) is 15.1. The van der Waals surface area contributed by atoms with Crippen molar-refractivity contribution in [2.75, 3.05) is 6.54 Å². The third-order valence-corrected chi connectivity index (χ3v) is 3.18. The van der Waals surface area contributed by atoms with Gasteiger partial charge in [-0.15, -0.1) is 0 Å². The third kappa shape index (κ3) is 6.34. The molecule has 0 aromatic heterocycles. The lowest BCUT2D eigenvalue weighted by molar-refractivity contribution is 0.147. The molecule has 0 aliphatic heterocycles. The number of urea groups is 1. The van der Waals surface area contributed by atoms with Gasteiger partial charge in [-0.1, -0.05) is 29.8 Å². The highest BCUT2D eigenvalue weighted by molar-refractivity contribution is 9.10. The van der Waals surface area contributed by atoms with E-state index in [4.69, 9.17) is 0 Å². The molecule has 1 rings (SSSR count). The highest BCUT2D eigenvalue weighted by atomic mass is 79.9.